The first-order valence-electron chi connectivity index (χ1n) is 6.58. The van der Waals surface area contributed by atoms with Gasteiger partial charge in [-0.3, -0.25) is 9.89 Å². The Morgan fingerprint density at radius 1 is 1.24 bits per heavy atom. The Morgan fingerprint density at radius 3 is 2.41 bits per heavy atom. The number of nitrogens with zero attached hydrogens (tertiary/aromatic N) is 2. The van der Waals surface area contributed by atoms with Crippen molar-refractivity contribution < 1.29 is 0 Å². The van der Waals surface area contributed by atoms with Crippen LogP contribution in [0.1, 0.15) is 33.6 Å². The monoisotopic (exact) mass is 354 g/mol. The molecule has 0 aromatic heterocycles. The first kappa shape index (κ1) is 17.0. The Bertz CT molecular complexity index is 213. The average molecular weight is 354 g/mol. The van der Waals surface area contributed by atoms with Gasteiger partial charge < -0.3 is 10.6 Å². The molecule has 1 saturated heterocycles. The van der Waals surface area contributed by atoms with Crippen LogP contribution in [0.2, 0.25) is 0 Å². The van der Waals surface area contributed by atoms with Crippen LogP contribution < -0.4 is 10.6 Å². The van der Waals surface area contributed by atoms with Gasteiger partial charge in [0.05, 0.1) is 6.54 Å². The predicted octanol–water partition coefficient (Wildman–Crippen LogP) is 1.66. The second-order valence-corrected chi connectivity index (χ2v) is 4.17. The standard InChI is InChI=1S/C12H26N4.HI/c1-4-13-12(14-5-2)15-10-11-8-7-9-16(11)6-3;/h11H,4-10H2,1-3H3,(H2,13,14,15);1H. The Morgan fingerprint density at radius 2 is 1.88 bits per heavy atom. The van der Waals surface area contributed by atoms with Crippen molar-refractivity contribution in [1.82, 2.24) is 15.5 Å². The van der Waals surface area contributed by atoms with E-state index in [1.165, 1.54) is 19.4 Å². The van der Waals surface area contributed by atoms with Crippen molar-refractivity contribution in [3.63, 3.8) is 0 Å². The van der Waals surface area contributed by atoms with E-state index in [2.05, 4.69) is 41.3 Å². The normalized spacial score (nSPS) is 19.6. The molecule has 0 saturated carbocycles. The lowest BCUT2D eigenvalue weighted by atomic mass is 10.2. The van der Waals surface area contributed by atoms with Gasteiger partial charge >= 0.3 is 0 Å². The molecule has 1 aliphatic heterocycles. The van der Waals surface area contributed by atoms with Crippen LogP contribution in [0.5, 0.6) is 0 Å². The minimum atomic E-state index is 0. The van der Waals surface area contributed by atoms with Gasteiger partial charge in [-0.1, -0.05) is 6.92 Å². The molecule has 0 amide bonds. The highest BCUT2D eigenvalue weighted by Crippen LogP contribution is 2.16. The molecule has 1 heterocycles. The third-order valence-electron chi connectivity index (χ3n) is 3.05. The van der Waals surface area contributed by atoms with Crippen LogP contribution in [0, 0.1) is 0 Å². The first-order valence-corrected chi connectivity index (χ1v) is 6.58. The third-order valence-corrected chi connectivity index (χ3v) is 3.05. The maximum absolute atomic E-state index is 4.64. The largest absolute Gasteiger partial charge is 0.357 e. The Labute approximate surface area is 123 Å². The van der Waals surface area contributed by atoms with Crippen molar-refractivity contribution >= 4 is 29.9 Å². The highest BCUT2D eigenvalue weighted by atomic mass is 127. The van der Waals surface area contributed by atoms with E-state index in [0.29, 0.717) is 6.04 Å². The number of halogens is 1. The Hall–Kier alpha value is -0.0400. The zero-order chi connectivity index (χ0) is 11.8. The van der Waals surface area contributed by atoms with Gasteiger partial charge in [0.15, 0.2) is 5.96 Å². The topological polar surface area (TPSA) is 39.7 Å². The number of guanidine groups is 1. The van der Waals surface area contributed by atoms with E-state index in [1.807, 2.05) is 0 Å². The predicted molar refractivity (Wildman–Crippen MR) is 85.3 cm³/mol. The number of likely N-dealkylation sites (N-methyl/N-ethyl adjacent to an activating group) is 1. The summed E-state index contributed by atoms with van der Waals surface area (Å²) in [5.74, 6) is 0.952. The van der Waals surface area contributed by atoms with E-state index in [-0.39, 0.29) is 24.0 Å². The van der Waals surface area contributed by atoms with Crippen molar-refractivity contribution in [1.29, 1.82) is 0 Å². The molecule has 1 unspecified atom stereocenters. The van der Waals surface area contributed by atoms with E-state index in [9.17, 15) is 0 Å². The van der Waals surface area contributed by atoms with Crippen LogP contribution in [0.25, 0.3) is 0 Å². The van der Waals surface area contributed by atoms with Crippen LogP contribution in [0.3, 0.4) is 0 Å². The van der Waals surface area contributed by atoms with Gasteiger partial charge in [-0.05, 0) is 39.8 Å². The molecule has 1 fully saturated rings. The number of rotatable bonds is 5. The van der Waals surface area contributed by atoms with Gasteiger partial charge in [0, 0.05) is 19.1 Å². The molecule has 102 valence electrons. The summed E-state index contributed by atoms with van der Waals surface area (Å²) in [6, 6.07) is 0.650. The molecule has 0 radical (unpaired) electrons. The second kappa shape index (κ2) is 9.94. The van der Waals surface area contributed by atoms with Crippen molar-refractivity contribution in [2.75, 3.05) is 32.7 Å². The maximum atomic E-state index is 4.64. The quantitative estimate of drug-likeness (QED) is 0.448. The van der Waals surface area contributed by atoms with Crippen LogP contribution in [0.4, 0.5) is 0 Å². The zero-order valence-corrected chi connectivity index (χ0v) is 13.7. The fourth-order valence-corrected chi connectivity index (χ4v) is 2.22. The molecule has 1 aliphatic rings. The minimum Gasteiger partial charge on any atom is -0.357 e. The average Bonchev–Trinajstić information content (AvgIpc) is 2.74. The smallest absolute Gasteiger partial charge is 0.191 e. The molecule has 0 bridgehead atoms. The van der Waals surface area contributed by atoms with E-state index in [1.54, 1.807) is 0 Å². The summed E-state index contributed by atoms with van der Waals surface area (Å²) < 4.78 is 0. The molecule has 17 heavy (non-hydrogen) atoms. The summed E-state index contributed by atoms with van der Waals surface area (Å²) in [7, 11) is 0. The zero-order valence-electron chi connectivity index (χ0n) is 11.3. The molecule has 4 nitrogen and oxygen atoms in total. The van der Waals surface area contributed by atoms with Crippen LogP contribution in [-0.2, 0) is 0 Å². The lowest BCUT2D eigenvalue weighted by molar-refractivity contribution is 0.273. The van der Waals surface area contributed by atoms with E-state index in [0.717, 1.165) is 32.1 Å². The maximum Gasteiger partial charge on any atom is 0.191 e. The van der Waals surface area contributed by atoms with Crippen molar-refractivity contribution in [2.24, 2.45) is 4.99 Å². The lowest BCUT2D eigenvalue weighted by Gasteiger charge is -2.21. The third kappa shape index (κ3) is 5.90. The van der Waals surface area contributed by atoms with Gasteiger partial charge in [0.2, 0.25) is 0 Å². The highest BCUT2D eigenvalue weighted by molar-refractivity contribution is 14.0. The van der Waals surface area contributed by atoms with Gasteiger partial charge in [0.1, 0.15) is 0 Å². The van der Waals surface area contributed by atoms with Gasteiger partial charge in [-0.15, -0.1) is 24.0 Å². The van der Waals surface area contributed by atoms with E-state index < -0.39 is 0 Å². The molecule has 5 heteroatoms. The Kier molecular flexibility index (Phi) is 9.91. The van der Waals surface area contributed by atoms with Crippen LogP contribution in [0.15, 0.2) is 4.99 Å². The SMILES string of the molecule is CCNC(=NCC1CCCN1CC)NCC.I. The van der Waals surface area contributed by atoms with Crippen molar-refractivity contribution in [3.8, 4) is 0 Å². The summed E-state index contributed by atoms with van der Waals surface area (Å²) in [5, 5.41) is 6.52. The fraction of sp³-hybridized carbons (Fsp3) is 0.917. The number of hydrogen-bond acceptors (Lipinski definition) is 2. The lowest BCUT2D eigenvalue weighted by Crippen LogP contribution is -2.39. The second-order valence-electron chi connectivity index (χ2n) is 4.17. The van der Waals surface area contributed by atoms with Gasteiger partial charge in [-0.2, -0.15) is 0 Å². The van der Waals surface area contributed by atoms with E-state index in [4.69, 9.17) is 0 Å². The molecular weight excluding hydrogens is 327 g/mol. The van der Waals surface area contributed by atoms with E-state index >= 15 is 0 Å². The summed E-state index contributed by atoms with van der Waals surface area (Å²) in [5.41, 5.74) is 0. The summed E-state index contributed by atoms with van der Waals surface area (Å²) in [6.45, 7) is 11.6. The molecule has 0 spiro atoms. The first-order chi connectivity index (χ1) is 7.81. The fourth-order valence-electron chi connectivity index (χ4n) is 2.22. The molecule has 0 aromatic carbocycles. The van der Waals surface area contributed by atoms with Crippen LogP contribution >= 0.6 is 24.0 Å². The van der Waals surface area contributed by atoms with Crippen molar-refractivity contribution in [3.05, 3.63) is 0 Å². The van der Waals surface area contributed by atoms with Crippen LogP contribution in [-0.4, -0.2) is 49.6 Å². The summed E-state index contributed by atoms with van der Waals surface area (Å²) in [4.78, 5) is 7.16. The molecule has 0 aromatic rings. The molecule has 1 rings (SSSR count). The van der Waals surface area contributed by atoms with Crippen molar-refractivity contribution in [2.45, 2.75) is 39.7 Å². The van der Waals surface area contributed by atoms with Gasteiger partial charge in [0.25, 0.3) is 0 Å². The number of hydrogen-bond donors (Lipinski definition) is 2. The molecular formula is C12H27IN4. The Balaban J connectivity index is 0.00000256. The summed E-state index contributed by atoms with van der Waals surface area (Å²) >= 11 is 0. The number of nitrogens with one attached hydrogen (secondary N) is 2. The molecule has 2 N–H and O–H groups in total. The minimum absolute atomic E-state index is 0. The van der Waals surface area contributed by atoms with Gasteiger partial charge in [-0.25, -0.2) is 0 Å². The summed E-state index contributed by atoms with van der Waals surface area (Å²) in [6.07, 6.45) is 2.62. The highest BCUT2D eigenvalue weighted by Gasteiger charge is 2.22. The number of likely N-dealkylation sites (tertiary alicyclic amines) is 1. The number of aliphatic imine (C=N–C) groups is 1. The molecule has 0 aliphatic carbocycles. The molecule has 1 atom stereocenters.